The van der Waals surface area contributed by atoms with Crippen LogP contribution in [-0.4, -0.2) is 268 Å². The Kier molecular flexibility index (Phi) is 35.4. The molecule has 4 aliphatic heterocycles. The number of rotatable bonds is 13. The summed E-state index contributed by atoms with van der Waals surface area (Å²) in [6.07, 6.45) is -4.71. The van der Waals surface area contributed by atoms with Crippen molar-refractivity contribution in [3.8, 4) is 11.5 Å². The molecule has 0 radical (unpaired) electrons. The zero-order chi connectivity index (χ0) is 77.8. The van der Waals surface area contributed by atoms with Crippen LogP contribution in [0.25, 0.3) is 0 Å². The number of primary amides is 1. The van der Waals surface area contributed by atoms with Crippen LogP contribution in [0.4, 0.5) is 0 Å². The monoisotopic (exact) mass is 1590 g/mol. The number of fused-ring (bicyclic) bond motifs is 20. The van der Waals surface area contributed by atoms with Crippen LogP contribution >= 0.6 is 64.8 Å². The molecule has 4 bridgehead atoms. The summed E-state index contributed by atoms with van der Waals surface area (Å²) in [5, 5.41) is 87.9. The van der Waals surface area contributed by atoms with Crippen LogP contribution in [0.5, 0.6) is 11.5 Å². The standard InChI is InChI=1S/C59H79N15O21S6.C2H4O2/c1-26-47(82)69-41-25-101-99-22-38-52(87)65-33(13-14-45(80)81)49(84)66-34(16-28-5-9-30(76)10-6-28)50(85)71-40(54(89)72-39(23-97-96-20-32(60)48(83)70-38)53(88)67-35(18-43(61)78)58(93)74-15-3-4-42(74)56(91)63-26)24-100-98-21-37(64-44(79)19-62-57(92)46(27(2)75)73-55(41)90)51(86)68-36(59(94)95)17-29-7-11-31(77)12-8-29;1-2(3)4/h5-12,26-27,32-42,46,75-77H,3-4,13-25,60H2,1-2H3,(H2,61,78)(H,62,92)(H,63,91)(H,64,79)(H,65,87)(H,66,84)(H,67,88)(H,68,86)(H,69,82)(H,70,83)(H,71,85)(H,72,89)(H,73,90)(H,80,81)(H,94,95);1H3,(H,3,4)/t26-,27?,32-,33-,34-,35-,36-,37-,38-,39-,40-,41-,42-,46?;/m0./s1. The van der Waals surface area contributed by atoms with Crippen molar-refractivity contribution in [1.82, 2.24) is 68.7 Å². The van der Waals surface area contributed by atoms with Crippen molar-refractivity contribution in [3.63, 3.8) is 0 Å². The number of aliphatic carboxylic acids is 3. The maximum Gasteiger partial charge on any atom is 0.326 e. The summed E-state index contributed by atoms with van der Waals surface area (Å²) in [6.45, 7) is 2.26. The second-order valence-electron chi connectivity index (χ2n) is 24.0. The molecular formula is C61H83N15O23S6. The molecule has 0 aliphatic carbocycles. The first kappa shape index (κ1) is 86.7. The van der Waals surface area contributed by atoms with Gasteiger partial charge < -0.3 is 111 Å². The fourth-order valence-electron chi connectivity index (χ4n) is 10.0. The van der Waals surface area contributed by atoms with Gasteiger partial charge in [-0.2, -0.15) is 0 Å². The Morgan fingerprint density at radius 1 is 0.571 bits per heavy atom. The van der Waals surface area contributed by atoms with Gasteiger partial charge in [0.05, 0.1) is 25.1 Å². The van der Waals surface area contributed by atoms with Gasteiger partial charge in [0, 0.05) is 67.2 Å². The van der Waals surface area contributed by atoms with Gasteiger partial charge in [0.1, 0.15) is 84.0 Å². The zero-order valence-corrected chi connectivity index (χ0v) is 61.4. The molecule has 6 rings (SSSR count). The Balaban J connectivity index is 0.00000482. The number of carboxylic acids is 3. The predicted molar refractivity (Wildman–Crippen MR) is 384 cm³/mol. The Hall–Kier alpha value is -8.95. The maximum atomic E-state index is 15.1. The van der Waals surface area contributed by atoms with E-state index in [1.807, 2.05) is 0 Å². The summed E-state index contributed by atoms with van der Waals surface area (Å²) in [5.41, 5.74) is 12.6. The molecule has 0 spiro atoms. The number of carbonyl (C=O) groups is 17. The number of hydrogen-bond donors (Lipinski definition) is 20. The SMILES string of the molecule is CC(=O)O.CC(O)C1NC(=O)[C@@H]2CSSC[C@@H]3NC(=O)[C@@H](N)CSSC[C@H](NC(=O)[C@H](CSSC[C@@H](C(=O)N[C@@H](Cc4ccc(O)cc4)C(=O)O)NC(=O)CNC1=O)NC(=O)[C@H](Cc1ccc(O)cc1)NC(=O)[C@H](CCC(=O)O)NC3=O)C(=O)N[C@@H](CC(N)=O)C(=O)N1CCC[C@H]1C(=O)N[C@@H](C)C(=O)N2. The summed E-state index contributed by atoms with van der Waals surface area (Å²) >= 11 is 0. The number of carbonyl (C=O) groups excluding carboxylic acids is 14. The zero-order valence-electron chi connectivity index (χ0n) is 56.5. The first-order chi connectivity index (χ1) is 49.6. The van der Waals surface area contributed by atoms with Crippen molar-refractivity contribution in [2.24, 2.45) is 11.5 Å². The molecule has 2 aromatic carbocycles. The minimum Gasteiger partial charge on any atom is -0.508 e. The number of aromatic hydroxyl groups is 2. The van der Waals surface area contributed by atoms with Gasteiger partial charge in [-0.15, -0.1) is 0 Å². The Morgan fingerprint density at radius 2 is 1.04 bits per heavy atom. The van der Waals surface area contributed by atoms with E-state index in [0.29, 0.717) is 5.56 Å². The summed E-state index contributed by atoms with van der Waals surface area (Å²) in [7, 11) is 4.74. The van der Waals surface area contributed by atoms with Crippen molar-refractivity contribution in [3.05, 3.63) is 59.7 Å². The Labute approximate surface area is 623 Å². The van der Waals surface area contributed by atoms with Crippen LogP contribution < -0.4 is 75.3 Å². The van der Waals surface area contributed by atoms with E-state index in [0.717, 1.165) is 83.5 Å². The number of phenols is 2. The summed E-state index contributed by atoms with van der Waals surface area (Å²) in [6, 6.07) is -11.7. The highest BCUT2D eigenvalue weighted by atomic mass is 33.1. The molecule has 4 fully saturated rings. The van der Waals surface area contributed by atoms with Gasteiger partial charge in [0.2, 0.25) is 82.7 Å². The van der Waals surface area contributed by atoms with Gasteiger partial charge >= 0.3 is 11.9 Å². The number of amides is 14. The summed E-state index contributed by atoms with van der Waals surface area (Å²) < 4.78 is 0. The lowest BCUT2D eigenvalue weighted by Crippen LogP contribution is -2.61. The van der Waals surface area contributed by atoms with E-state index in [9.17, 15) is 92.7 Å². The number of benzene rings is 2. The number of nitrogens with zero attached hydrogens (tertiary/aromatic N) is 1. The van der Waals surface area contributed by atoms with Crippen molar-refractivity contribution >= 4 is 165 Å². The van der Waals surface area contributed by atoms with Crippen LogP contribution in [0.2, 0.25) is 0 Å². The molecule has 4 aliphatic rings. The molecule has 44 heteroatoms. The molecule has 2 unspecified atom stereocenters. The molecule has 0 saturated carbocycles. The molecule has 14 amide bonds. The third-order valence-corrected chi connectivity index (χ3v) is 22.9. The highest BCUT2D eigenvalue weighted by molar-refractivity contribution is 8.77. The fourth-order valence-corrected chi connectivity index (χ4v) is 17.0. The van der Waals surface area contributed by atoms with Gasteiger partial charge in [-0.3, -0.25) is 76.7 Å². The molecule has 38 nitrogen and oxygen atoms in total. The molecule has 22 N–H and O–H groups in total. The predicted octanol–water partition coefficient (Wildman–Crippen LogP) is -5.85. The lowest BCUT2D eigenvalue weighted by molar-refractivity contribution is -0.143. The van der Waals surface area contributed by atoms with Gasteiger partial charge in [0.15, 0.2) is 0 Å². The number of carboxylic acid groups (broad SMARTS) is 3. The van der Waals surface area contributed by atoms with E-state index in [1.165, 1.54) is 55.5 Å². The molecule has 4 saturated heterocycles. The molecular weight excluding hydrogens is 1500 g/mol. The Morgan fingerprint density at radius 3 is 1.57 bits per heavy atom. The van der Waals surface area contributed by atoms with Crippen LogP contribution in [-0.2, 0) is 94.3 Å². The van der Waals surface area contributed by atoms with Gasteiger partial charge in [-0.1, -0.05) is 89.0 Å². The molecule has 2 aromatic rings. The lowest BCUT2D eigenvalue weighted by Gasteiger charge is -2.30. The largest absolute Gasteiger partial charge is 0.508 e. The number of hydrogen-bond acceptors (Lipinski definition) is 27. The normalized spacial score (nSPS) is 26.5. The van der Waals surface area contributed by atoms with E-state index in [-0.39, 0.29) is 48.6 Å². The van der Waals surface area contributed by atoms with E-state index in [4.69, 9.17) is 21.4 Å². The number of aliphatic hydroxyl groups excluding tert-OH is 1. The Bertz CT molecular complexity index is 3510. The van der Waals surface area contributed by atoms with Crippen LogP contribution in [0.15, 0.2) is 48.5 Å². The summed E-state index contributed by atoms with van der Waals surface area (Å²) in [5.74, 6) is -22.5. The minimum atomic E-state index is -1.93. The third-order valence-electron chi connectivity index (χ3n) is 15.6. The quantitative estimate of drug-likeness (QED) is 0.0656. The maximum absolute atomic E-state index is 15.1. The van der Waals surface area contributed by atoms with Gasteiger partial charge in [0.25, 0.3) is 5.97 Å². The minimum absolute atomic E-state index is 0.00937. The number of nitrogens with two attached hydrogens (primary N) is 2. The molecule has 0 aromatic heterocycles. The second-order valence-corrected chi connectivity index (χ2v) is 31.6. The molecule has 105 heavy (non-hydrogen) atoms. The number of nitrogens with one attached hydrogen (secondary N) is 12. The van der Waals surface area contributed by atoms with Crippen molar-refractivity contribution < 1.29 is 112 Å². The van der Waals surface area contributed by atoms with Gasteiger partial charge in [-0.05, 0) is 68.5 Å². The van der Waals surface area contributed by atoms with Crippen molar-refractivity contribution in [2.45, 2.75) is 150 Å². The van der Waals surface area contributed by atoms with Crippen molar-refractivity contribution in [1.29, 1.82) is 0 Å². The average Bonchev–Trinajstić information content (AvgIpc) is 1.76. The fraction of sp³-hybridized carbons (Fsp3) is 0.525. The lowest BCUT2D eigenvalue weighted by atomic mass is 10.0. The molecule has 576 valence electrons. The molecule has 4 heterocycles. The van der Waals surface area contributed by atoms with E-state index in [2.05, 4.69) is 63.8 Å². The smallest absolute Gasteiger partial charge is 0.326 e. The average molecular weight is 1590 g/mol. The van der Waals surface area contributed by atoms with Gasteiger partial charge in [-0.25, -0.2) is 4.79 Å². The highest BCUT2D eigenvalue weighted by Gasteiger charge is 2.42. The van der Waals surface area contributed by atoms with Crippen molar-refractivity contribution in [2.75, 3.05) is 47.6 Å². The van der Waals surface area contributed by atoms with Crippen LogP contribution in [0, 0.1) is 0 Å². The van der Waals surface area contributed by atoms with E-state index in [1.54, 1.807) is 0 Å². The first-order valence-electron chi connectivity index (χ1n) is 32.2. The van der Waals surface area contributed by atoms with E-state index < -0.39 is 246 Å². The third kappa shape index (κ3) is 29.1. The van der Waals surface area contributed by atoms with Crippen LogP contribution in [0.1, 0.15) is 64.0 Å². The second kappa shape index (κ2) is 42.9. The van der Waals surface area contributed by atoms with E-state index >= 15 is 9.59 Å². The highest BCUT2D eigenvalue weighted by Crippen LogP contribution is 2.28. The first-order valence-corrected chi connectivity index (χ1v) is 39.6. The number of phenolic OH excluding ortho intramolecular Hbond substituents is 2. The molecule has 14 atom stereocenters. The topological polar surface area (TPSA) is 611 Å². The summed E-state index contributed by atoms with van der Waals surface area (Å²) in [4.78, 5) is 236. The number of aliphatic hydroxyl groups is 1. The van der Waals surface area contributed by atoms with Crippen LogP contribution in [0.3, 0.4) is 0 Å².